The van der Waals surface area contributed by atoms with Crippen LogP contribution in [0.1, 0.15) is 206 Å². The number of hydrogen-bond donors (Lipinski definition) is 6. The zero-order chi connectivity index (χ0) is 40.6. The van der Waals surface area contributed by atoms with Gasteiger partial charge < -0.3 is 42.1 Å². The van der Waals surface area contributed by atoms with Crippen molar-refractivity contribution in [1.29, 1.82) is 0 Å². The maximum absolute atomic E-state index is 10.2. The minimum atomic E-state index is -0.330. The van der Waals surface area contributed by atoms with Gasteiger partial charge in [0.2, 0.25) is 0 Å². The van der Waals surface area contributed by atoms with Crippen LogP contribution in [0.5, 0.6) is 0 Å². The molecule has 0 bridgehead atoms. The number of piperazine rings is 1. The lowest BCUT2D eigenvalue weighted by Gasteiger charge is -2.34. The summed E-state index contributed by atoms with van der Waals surface area (Å²) in [6, 6.07) is 0. The van der Waals surface area contributed by atoms with Gasteiger partial charge in [0.1, 0.15) is 0 Å². The Morgan fingerprint density at radius 1 is 0.411 bits per heavy atom. The maximum Gasteiger partial charge on any atom is 0.0665 e. The van der Waals surface area contributed by atoms with E-state index in [2.05, 4.69) is 34.3 Å². The van der Waals surface area contributed by atoms with Gasteiger partial charge >= 0.3 is 0 Å². The highest BCUT2D eigenvalue weighted by Gasteiger charge is 2.17. The molecule has 0 aliphatic carbocycles. The van der Waals surface area contributed by atoms with Crippen LogP contribution in [0.2, 0.25) is 0 Å². The summed E-state index contributed by atoms with van der Waals surface area (Å²) < 4.78 is 0. The number of rotatable bonds is 44. The van der Waals surface area contributed by atoms with E-state index in [4.69, 9.17) is 11.5 Å². The summed E-state index contributed by atoms with van der Waals surface area (Å²) in [4.78, 5) is 5.32. The molecule has 0 saturated carbocycles. The van der Waals surface area contributed by atoms with Crippen molar-refractivity contribution in [1.82, 2.24) is 20.4 Å². The van der Waals surface area contributed by atoms with E-state index in [1.54, 1.807) is 0 Å². The van der Waals surface area contributed by atoms with E-state index in [9.17, 15) is 10.2 Å². The summed E-state index contributed by atoms with van der Waals surface area (Å²) in [6.07, 6.45) is 38.3. The van der Waals surface area contributed by atoms with Crippen LogP contribution in [0.15, 0.2) is 0 Å². The Bertz CT molecular complexity index is 708. The van der Waals surface area contributed by atoms with Crippen LogP contribution in [0.25, 0.3) is 0 Å². The van der Waals surface area contributed by atoms with Gasteiger partial charge in [-0.1, -0.05) is 168 Å². The van der Waals surface area contributed by atoms with E-state index in [1.807, 2.05) is 0 Å². The minimum Gasteiger partial charge on any atom is -0.392 e. The van der Waals surface area contributed by atoms with E-state index in [0.717, 1.165) is 39.0 Å². The van der Waals surface area contributed by atoms with Crippen LogP contribution < -0.4 is 22.1 Å². The van der Waals surface area contributed by atoms with E-state index < -0.39 is 0 Å². The number of aliphatic hydroxyl groups excluding tert-OH is 2. The number of nitrogens with one attached hydrogen (secondary N) is 2. The Morgan fingerprint density at radius 2 is 0.696 bits per heavy atom. The molecule has 4 unspecified atom stereocenters. The van der Waals surface area contributed by atoms with Gasteiger partial charge in [0.25, 0.3) is 0 Å². The molecule has 0 aromatic heterocycles. The SMILES string of the molecule is CCCCCCCCCCCC(CCCCNCCCN1CCN(CCCNCCCCC(CCCCCCCCCCC)CC(O)CN)CC1)CC(O)CN. The number of unbranched alkanes of at least 4 members (excludes halogenated alkanes) is 18. The third-order valence-corrected chi connectivity index (χ3v) is 12.7. The molecule has 8 N–H and O–H groups in total. The summed E-state index contributed by atoms with van der Waals surface area (Å²) in [5.41, 5.74) is 11.5. The molecule has 1 aliphatic heterocycles. The molecule has 0 aromatic carbocycles. The van der Waals surface area contributed by atoms with Crippen molar-refractivity contribution in [3.8, 4) is 0 Å². The van der Waals surface area contributed by atoms with E-state index in [-0.39, 0.29) is 12.2 Å². The van der Waals surface area contributed by atoms with Gasteiger partial charge in [0, 0.05) is 39.3 Å². The predicted octanol–water partition coefficient (Wildman–Crippen LogP) is 9.40. The summed E-state index contributed by atoms with van der Waals surface area (Å²) in [5.74, 6) is 1.26. The van der Waals surface area contributed by atoms with Gasteiger partial charge in [0.05, 0.1) is 12.2 Å². The summed E-state index contributed by atoms with van der Waals surface area (Å²) in [6.45, 7) is 17.1. The number of nitrogens with zero attached hydrogens (tertiary/aromatic N) is 2. The van der Waals surface area contributed by atoms with E-state index >= 15 is 0 Å². The highest BCUT2D eigenvalue weighted by atomic mass is 16.3. The average Bonchev–Trinajstić information content (AvgIpc) is 3.21. The third kappa shape index (κ3) is 34.5. The number of aliphatic hydroxyl groups is 2. The molecule has 8 heteroatoms. The zero-order valence-corrected chi connectivity index (χ0v) is 38.0. The summed E-state index contributed by atoms with van der Waals surface area (Å²) >= 11 is 0. The van der Waals surface area contributed by atoms with Crippen molar-refractivity contribution < 1.29 is 10.2 Å². The molecule has 1 heterocycles. The summed E-state index contributed by atoms with van der Waals surface area (Å²) in [5, 5.41) is 27.8. The first-order valence-electron chi connectivity index (χ1n) is 25.1. The van der Waals surface area contributed by atoms with Crippen LogP contribution in [0.4, 0.5) is 0 Å². The molecule has 0 radical (unpaired) electrons. The molecule has 0 aromatic rings. The zero-order valence-electron chi connectivity index (χ0n) is 38.0. The van der Waals surface area contributed by atoms with Crippen LogP contribution in [0.3, 0.4) is 0 Å². The first kappa shape index (κ1) is 53.7. The lowest BCUT2D eigenvalue weighted by Crippen LogP contribution is -2.47. The van der Waals surface area contributed by atoms with E-state index in [0.29, 0.717) is 24.9 Å². The lowest BCUT2D eigenvalue weighted by molar-refractivity contribution is 0.130. The molecule has 1 rings (SSSR count). The second kappa shape index (κ2) is 41.4. The van der Waals surface area contributed by atoms with Crippen LogP contribution in [-0.2, 0) is 0 Å². The van der Waals surface area contributed by atoms with Crippen molar-refractivity contribution in [2.24, 2.45) is 23.3 Å². The lowest BCUT2D eigenvalue weighted by atomic mass is 9.90. The Balaban J connectivity index is 2.01. The fraction of sp³-hybridized carbons (Fsp3) is 1.00. The standard InChI is InChI=1S/C48H102N6O2/c1-3-5-7-9-11-13-15-17-19-27-45(41-47(55)43-49)29-21-23-31-51-33-25-35-53-37-39-54(40-38-53)36-26-34-52-32-24-22-30-46(42-48(56)44-50)28-20-18-16-14-12-10-8-6-4-2/h45-48,51-52,55-56H,3-44,49-50H2,1-2H3. The monoisotopic (exact) mass is 795 g/mol. The molecular weight excluding hydrogens is 693 g/mol. The molecule has 8 nitrogen and oxygen atoms in total. The molecule has 336 valence electrons. The molecule has 0 spiro atoms. The van der Waals surface area contributed by atoms with Gasteiger partial charge in [-0.15, -0.1) is 0 Å². The fourth-order valence-corrected chi connectivity index (χ4v) is 8.92. The van der Waals surface area contributed by atoms with Crippen molar-refractivity contribution in [2.75, 3.05) is 78.5 Å². The molecule has 1 aliphatic rings. The average molecular weight is 795 g/mol. The number of hydrogen-bond acceptors (Lipinski definition) is 8. The first-order chi connectivity index (χ1) is 27.5. The quantitative estimate of drug-likeness (QED) is 0.0338. The largest absolute Gasteiger partial charge is 0.392 e. The smallest absolute Gasteiger partial charge is 0.0665 e. The normalized spacial score (nSPS) is 16.4. The molecule has 1 fully saturated rings. The highest BCUT2D eigenvalue weighted by molar-refractivity contribution is 4.73. The van der Waals surface area contributed by atoms with Crippen molar-refractivity contribution >= 4 is 0 Å². The number of nitrogens with two attached hydrogens (primary N) is 2. The third-order valence-electron chi connectivity index (χ3n) is 12.7. The summed E-state index contributed by atoms with van der Waals surface area (Å²) in [7, 11) is 0. The van der Waals surface area contributed by atoms with Crippen LogP contribution >= 0.6 is 0 Å². The second-order valence-corrected chi connectivity index (χ2v) is 18.1. The second-order valence-electron chi connectivity index (χ2n) is 18.1. The Morgan fingerprint density at radius 3 is 1.02 bits per heavy atom. The molecule has 0 amide bonds. The van der Waals surface area contributed by atoms with Crippen molar-refractivity contribution in [3.05, 3.63) is 0 Å². The Kier molecular flexibility index (Phi) is 39.7. The van der Waals surface area contributed by atoms with Crippen LogP contribution in [0, 0.1) is 11.8 Å². The van der Waals surface area contributed by atoms with Gasteiger partial charge in [0.15, 0.2) is 0 Å². The Hall–Kier alpha value is -0.320. The van der Waals surface area contributed by atoms with Gasteiger partial charge in [-0.25, -0.2) is 0 Å². The first-order valence-corrected chi connectivity index (χ1v) is 25.1. The minimum absolute atomic E-state index is 0.330. The van der Waals surface area contributed by atoms with Crippen molar-refractivity contribution in [2.45, 2.75) is 219 Å². The van der Waals surface area contributed by atoms with Gasteiger partial charge in [-0.05, 0) is 89.6 Å². The Labute approximate surface area is 350 Å². The molecular formula is C48H102N6O2. The maximum atomic E-state index is 10.2. The fourth-order valence-electron chi connectivity index (χ4n) is 8.92. The van der Waals surface area contributed by atoms with Gasteiger partial charge in [-0.3, -0.25) is 0 Å². The topological polar surface area (TPSA) is 123 Å². The molecule has 4 atom stereocenters. The van der Waals surface area contributed by atoms with E-state index in [1.165, 1.54) is 219 Å². The molecule has 56 heavy (non-hydrogen) atoms. The van der Waals surface area contributed by atoms with Gasteiger partial charge in [-0.2, -0.15) is 0 Å². The molecule has 1 saturated heterocycles. The van der Waals surface area contributed by atoms with Crippen LogP contribution in [-0.4, -0.2) is 111 Å². The van der Waals surface area contributed by atoms with Crippen molar-refractivity contribution in [3.63, 3.8) is 0 Å². The highest BCUT2D eigenvalue weighted by Crippen LogP contribution is 2.24. The predicted molar refractivity (Wildman–Crippen MR) is 246 cm³/mol.